The molecule has 0 bridgehead atoms. The summed E-state index contributed by atoms with van der Waals surface area (Å²) in [6.07, 6.45) is 0.467. The Balaban J connectivity index is 1.49. The number of imidazole rings is 1. The van der Waals surface area contributed by atoms with Crippen LogP contribution in [0.5, 0.6) is 5.75 Å². The number of aromatic nitrogens is 2. The molecular formula is C22H25N3O4. The lowest BCUT2D eigenvalue weighted by Gasteiger charge is -2.35. The number of rotatable bonds is 6. The van der Waals surface area contributed by atoms with Crippen LogP contribution >= 0.6 is 0 Å². The maximum atomic E-state index is 11.2. The average molecular weight is 395 g/mol. The van der Waals surface area contributed by atoms with Crippen LogP contribution in [-0.4, -0.2) is 64.4 Å². The highest BCUT2D eigenvalue weighted by atomic mass is 16.5. The van der Waals surface area contributed by atoms with Crippen molar-refractivity contribution in [1.82, 2.24) is 14.9 Å². The Morgan fingerprint density at radius 3 is 2.76 bits per heavy atom. The number of morpholine rings is 1. The number of H-pyrrole nitrogens is 1. The normalized spacial score (nSPS) is 20.1. The van der Waals surface area contributed by atoms with E-state index in [-0.39, 0.29) is 17.8 Å². The lowest BCUT2D eigenvalue weighted by molar-refractivity contribution is -0.0699. The third-order valence-corrected chi connectivity index (χ3v) is 5.03. The van der Waals surface area contributed by atoms with Crippen LogP contribution in [0, 0.1) is 0 Å². The van der Waals surface area contributed by atoms with Gasteiger partial charge in [-0.25, -0.2) is 9.78 Å². The monoisotopic (exact) mass is 395 g/mol. The molecule has 1 aliphatic heterocycles. The predicted octanol–water partition coefficient (Wildman–Crippen LogP) is 3.42. The maximum Gasteiger partial charge on any atom is 0.335 e. The first kappa shape index (κ1) is 19.4. The van der Waals surface area contributed by atoms with Gasteiger partial charge in [0.1, 0.15) is 18.2 Å². The number of benzene rings is 2. The van der Waals surface area contributed by atoms with Gasteiger partial charge >= 0.3 is 5.97 Å². The Labute approximate surface area is 169 Å². The molecule has 2 N–H and O–H groups in total. The number of hydrogen-bond acceptors (Lipinski definition) is 5. The summed E-state index contributed by atoms with van der Waals surface area (Å²) in [5.74, 6) is 0.449. The third kappa shape index (κ3) is 4.41. The molecule has 29 heavy (non-hydrogen) atoms. The fourth-order valence-corrected chi connectivity index (χ4v) is 3.81. The highest BCUT2D eigenvalue weighted by Gasteiger charge is 2.22. The number of nitrogens with one attached hydrogen (secondary N) is 1. The van der Waals surface area contributed by atoms with Gasteiger partial charge in [-0.2, -0.15) is 0 Å². The van der Waals surface area contributed by atoms with Crippen LogP contribution in [0.2, 0.25) is 0 Å². The van der Waals surface area contributed by atoms with E-state index in [1.807, 2.05) is 24.3 Å². The molecule has 2 aromatic carbocycles. The van der Waals surface area contributed by atoms with Crippen LogP contribution < -0.4 is 4.74 Å². The quantitative estimate of drug-likeness (QED) is 0.665. The van der Waals surface area contributed by atoms with Crippen molar-refractivity contribution in [2.45, 2.75) is 26.1 Å². The van der Waals surface area contributed by atoms with Crippen LogP contribution in [0.4, 0.5) is 0 Å². The highest BCUT2D eigenvalue weighted by molar-refractivity contribution is 5.93. The van der Waals surface area contributed by atoms with E-state index in [2.05, 4.69) is 28.7 Å². The minimum absolute atomic E-state index is 0.228. The van der Waals surface area contributed by atoms with Gasteiger partial charge in [0.2, 0.25) is 0 Å². The van der Waals surface area contributed by atoms with Crippen molar-refractivity contribution in [1.29, 1.82) is 0 Å². The molecule has 7 nitrogen and oxygen atoms in total. The number of aromatic carboxylic acids is 1. The molecule has 0 radical (unpaired) electrons. The Morgan fingerprint density at radius 2 is 2.00 bits per heavy atom. The topological polar surface area (TPSA) is 87.7 Å². The minimum Gasteiger partial charge on any atom is -0.491 e. The Kier molecular flexibility index (Phi) is 5.51. The van der Waals surface area contributed by atoms with Gasteiger partial charge in [0.05, 0.1) is 34.4 Å². The number of aromatic amines is 1. The molecule has 1 aliphatic rings. The summed E-state index contributed by atoms with van der Waals surface area (Å²) in [5.41, 5.74) is 2.48. The summed E-state index contributed by atoms with van der Waals surface area (Å²) in [5, 5.41) is 9.18. The molecule has 1 aromatic heterocycles. The van der Waals surface area contributed by atoms with Crippen LogP contribution in [0.3, 0.4) is 0 Å². The number of carbonyl (C=O) groups is 1. The zero-order chi connectivity index (χ0) is 20.4. The van der Waals surface area contributed by atoms with Gasteiger partial charge in [0.25, 0.3) is 0 Å². The van der Waals surface area contributed by atoms with Crippen molar-refractivity contribution < 1.29 is 19.4 Å². The molecular weight excluding hydrogens is 370 g/mol. The van der Waals surface area contributed by atoms with Gasteiger partial charge in [-0.15, -0.1) is 0 Å². The van der Waals surface area contributed by atoms with Gasteiger partial charge in [0, 0.05) is 19.6 Å². The van der Waals surface area contributed by atoms with E-state index in [1.54, 1.807) is 18.2 Å². The fraction of sp³-hybridized carbons (Fsp3) is 0.364. The molecule has 1 saturated heterocycles. The number of hydrogen-bond donors (Lipinski definition) is 2. The average Bonchev–Trinajstić information content (AvgIpc) is 3.10. The van der Waals surface area contributed by atoms with Crippen molar-refractivity contribution in [2.24, 2.45) is 0 Å². The van der Waals surface area contributed by atoms with E-state index in [0.717, 1.165) is 36.5 Å². The molecule has 0 aliphatic carbocycles. The van der Waals surface area contributed by atoms with E-state index in [0.29, 0.717) is 17.9 Å². The summed E-state index contributed by atoms with van der Waals surface area (Å²) in [4.78, 5) is 21.4. The molecule has 3 aromatic rings. The largest absolute Gasteiger partial charge is 0.491 e. The molecule has 0 spiro atoms. The van der Waals surface area contributed by atoms with Crippen LogP contribution in [0.25, 0.3) is 22.4 Å². The SMILES string of the molecule is CC1CN(CCOc2ccccc2-c2nc3ccc(C(=O)O)cc3[nH]2)CC(C)O1. The lowest BCUT2D eigenvalue weighted by Crippen LogP contribution is -2.46. The van der Waals surface area contributed by atoms with Crippen molar-refractivity contribution in [3.63, 3.8) is 0 Å². The Morgan fingerprint density at radius 1 is 1.24 bits per heavy atom. The molecule has 1 fully saturated rings. The van der Waals surface area contributed by atoms with Crippen molar-refractivity contribution >= 4 is 17.0 Å². The molecule has 2 unspecified atom stereocenters. The molecule has 0 saturated carbocycles. The molecule has 152 valence electrons. The van der Waals surface area contributed by atoms with Crippen molar-refractivity contribution in [2.75, 3.05) is 26.2 Å². The molecule has 7 heteroatoms. The molecule has 2 atom stereocenters. The van der Waals surface area contributed by atoms with Crippen LogP contribution in [0.15, 0.2) is 42.5 Å². The first-order chi connectivity index (χ1) is 14.0. The Hall–Kier alpha value is -2.90. The van der Waals surface area contributed by atoms with Crippen molar-refractivity contribution in [3.8, 4) is 17.1 Å². The number of para-hydroxylation sites is 1. The lowest BCUT2D eigenvalue weighted by atomic mass is 10.2. The van der Waals surface area contributed by atoms with Crippen molar-refractivity contribution in [3.05, 3.63) is 48.0 Å². The zero-order valence-corrected chi connectivity index (χ0v) is 16.6. The summed E-state index contributed by atoms with van der Waals surface area (Å²) < 4.78 is 11.9. The second-order valence-electron chi connectivity index (χ2n) is 7.48. The maximum absolute atomic E-state index is 11.2. The summed E-state index contributed by atoms with van der Waals surface area (Å²) in [6, 6.07) is 12.6. The van der Waals surface area contributed by atoms with Gasteiger partial charge in [-0.05, 0) is 44.2 Å². The van der Waals surface area contributed by atoms with Gasteiger partial charge in [-0.3, -0.25) is 4.90 Å². The first-order valence-corrected chi connectivity index (χ1v) is 9.82. The predicted molar refractivity (Wildman–Crippen MR) is 110 cm³/mol. The van der Waals surface area contributed by atoms with Crippen LogP contribution in [-0.2, 0) is 4.74 Å². The van der Waals surface area contributed by atoms with E-state index < -0.39 is 5.97 Å². The number of fused-ring (bicyclic) bond motifs is 1. The smallest absolute Gasteiger partial charge is 0.335 e. The first-order valence-electron chi connectivity index (χ1n) is 9.82. The standard InChI is InChI=1S/C22H25N3O4/c1-14-12-25(13-15(2)29-14)9-10-28-20-6-4-3-5-17(20)21-23-18-8-7-16(22(26)27)11-19(18)24-21/h3-8,11,14-15H,9-10,12-13H2,1-2H3,(H,23,24)(H,26,27). The number of carboxylic acid groups (broad SMARTS) is 1. The Bertz CT molecular complexity index is 1010. The fourth-order valence-electron chi connectivity index (χ4n) is 3.81. The van der Waals surface area contributed by atoms with Gasteiger partial charge in [-0.1, -0.05) is 12.1 Å². The molecule has 0 amide bonds. The number of carboxylic acids is 1. The highest BCUT2D eigenvalue weighted by Crippen LogP contribution is 2.29. The zero-order valence-electron chi connectivity index (χ0n) is 16.6. The second-order valence-corrected chi connectivity index (χ2v) is 7.48. The summed E-state index contributed by atoms with van der Waals surface area (Å²) in [7, 11) is 0. The van der Waals surface area contributed by atoms with Gasteiger partial charge < -0.3 is 19.6 Å². The van der Waals surface area contributed by atoms with E-state index in [1.165, 1.54) is 0 Å². The van der Waals surface area contributed by atoms with E-state index >= 15 is 0 Å². The number of nitrogens with zero attached hydrogens (tertiary/aromatic N) is 2. The van der Waals surface area contributed by atoms with E-state index in [4.69, 9.17) is 9.47 Å². The second kappa shape index (κ2) is 8.23. The molecule has 2 heterocycles. The van der Waals surface area contributed by atoms with Crippen LogP contribution in [0.1, 0.15) is 24.2 Å². The van der Waals surface area contributed by atoms with E-state index in [9.17, 15) is 9.90 Å². The summed E-state index contributed by atoms with van der Waals surface area (Å²) in [6.45, 7) is 7.40. The summed E-state index contributed by atoms with van der Waals surface area (Å²) >= 11 is 0. The van der Waals surface area contributed by atoms with Gasteiger partial charge in [0.15, 0.2) is 0 Å². The minimum atomic E-state index is -0.960. The third-order valence-electron chi connectivity index (χ3n) is 5.03. The number of ether oxygens (including phenoxy) is 2. The molecule has 4 rings (SSSR count).